The van der Waals surface area contributed by atoms with Crippen molar-refractivity contribution in [2.24, 2.45) is 0 Å². The molecule has 106 valence electrons. The third-order valence-electron chi connectivity index (χ3n) is 2.92. The number of amides is 1. The van der Waals surface area contributed by atoms with Gasteiger partial charge >= 0.3 is 5.97 Å². The van der Waals surface area contributed by atoms with Crippen LogP contribution >= 0.6 is 11.3 Å². The summed E-state index contributed by atoms with van der Waals surface area (Å²) in [6, 6.07) is -0.346. The van der Waals surface area contributed by atoms with Crippen LogP contribution in [0.1, 0.15) is 40.4 Å². The van der Waals surface area contributed by atoms with Gasteiger partial charge in [-0.3, -0.25) is 4.79 Å². The number of carboxylic acids is 1. The largest absolute Gasteiger partial charge is 0.477 e. The molecule has 1 atom stereocenters. The Kier molecular flexibility index (Phi) is 5.50. The predicted molar refractivity (Wildman–Crippen MR) is 77.1 cm³/mol. The second-order valence-corrected chi connectivity index (χ2v) is 5.68. The summed E-state index contributed by atoms with van der Waals surface area (Å²) in [6.07, 6.45) is 0.939. The summed E-state index contributed by atoms with van der Waals surface area (Å²) < 4.78 is 0. The van der Waals surface area contributed by atoms with Crippen LogP contribution in [0, 0.1) is 13.8 Å². The van der Waals surface area contributed by atoms with Gasteiger partial charge in [0.1, 0.15) is 4.88 Å². The second-order valence-electron chi connectivity index (χ2n) is 4.46. The summed E-state index contributed by atoms with van der Waals surface area (Å²) in [5.41, 5.74) is 1.24. The molecule has 0 aliphatic carbocycles. The fourth-order valence-corrected chi connectivity index (χ4v) is 2.57. The first-order valence-corrected chi connectivity index (χ1v) is 7.07. The Morgan fingerprint density at radius 1 is 1.37 bits per heavy atom. The van der Waals surface area contributed by atoms with Crippen molar-refractivity contribution >= 4 is 28.9 Å². The molecule has 1 unspecified atom stereocenters. The number of rotatable bonds is 6. The average Bonchev–Trinajstić information content (AvgIpc) is 2.64. The summed E-state index contributed by atoms with van der Waals surface area (Å²) in [6.45, 7) is 8.20. The van der Waals surface area contributed by atoms with Gasteiger partial charge in [-0.2, -0.15) is 0 Å². The number of nitrogens with one attached hydrogen (secondary N) is 2. The van der Waals surface area contributed by atoms with Gasteiger partial charge in [-0.25, -0.2) is 4.79 Å². The lowest BCUT2D eigenvalue weighted by molar-refractivity contribution is -0.117. The first kappa shape index (κ1) is 15.7. The highest BCUT2D eigenvalue weighted by Crippen LogP contribution is 2.32. The number of anilines is 1. The molecule has 1 rings (SSSR count). The van der Waals surface area contributed by atoms with Gasteiger partial charge in [-0.15, -0.1) is 11.3 Å². The molecule has 0 aromatic carbocycles. The van der Waals surface area contributed by atoms with Crippen LogP contribution in [0.2, 0.25) is 0 Å². The Labute approximate surface area is 117 Å². The Morgan fingerprint density at radius 3 is 2.53 bits per heavy atom. The van der Waals surface area contributed by atoms with E-state index in [4.69, 9.17) is 5.11 Å². The third kappa shape index (κ3) is 3.78. The van der Waals surface area contributed by atoms with Gasteiger partial charge in [0.15, 0.2) is 0 Å². The van der Waals surface area contributed by atoms with E-state index in [1.165, 1.54) is 11.3 Å². The standard InChI is InChI=1S/C13H20N2O3S/c1-5-6-14-8(3)12(16)15-10-7(2)9(4)19-11(10)13(17)18/h8,14H,5-6H2,1-4H3,(H,15,16)(H,17,18). The summed E-state index contributed by atoms with van der Waals surface area (Å²) in [5.74, 6) is -1.22. The highest BCUT2D eigenvalue weighted by atomic mass is 32.1. The first-order valence-electron chi connectivity index (χ1n) is 6.26. The number of aromatic carboxylic acids is 1. The Hall–Kier alpha value is -1.40. The number of hydrogen-bond acceptors (Lipinski definition) is 4. The van der Waals surface area contributed by atoms with Gasteiger partial charge in [0.25, 0.3) is 0 Å². The molecule has 0 aliphatic heterocycles. The summed E-state index contributed by atoms with van der Waals surface area (Å²) in [7, 11) is 0. The van der Waals surface area contributed by atoms with Crippen molar-refractivity contribution in [3.63, 3.8) is 0 Å². The van der Waals surface area contributed by atoms with Gasteiger partial charge in [-0.05, 0) is 39.3 Å². The number of thiophene rings is 1. The van der Waals surface area contributed by atoms with Crippen molar-refractivity contribution in [1.82, 2.24) is 5.32 Å². The van der Waals surface area contributed by atoms with E-state index in [-0.39, 0.29) is 16.8 Å². The molecule has 3 N–H and O–H groups in total. The molecular weight excluding hydrogens is 264 g/mol. The average molecular weight is 284 g/mol. The van der Waals surface area contributed by atoms with Crippen LogP contribution < -0.4 is 10.6 Å². The summed E-state index contributed by atoms with van der Waals surface area (Å²) in [4.78, 5) is 24.2. The zero-order valence-electron chi connectivity index (χ0n) is 11.7. The maximum absolute atomic E-state index is 12.0. The summed E-state index contributed by atoms with van der Waals surface area (Å²) in [5, 5.41) is 14.9. The first-order chi connectivity index (χ1) is 8.88. The lowest BCUT2D eigenvalue weighted by atomic mass is 10.2. The number of carbonyl (C=O) groups excluding carboxylic acids is 1. The molecular formula is C13H20N2O3S. The molecule has 0 saturated heterocycles. The van der Waals surface area contributed by atoms with Crippen LogP contribution in [0.15, 0.2) is 0 Å². The maximum Gasteiger partial charge on any atom is 0.348 e. The Bertz CT molecular complexity index is 482. The van der Waals surface area contributed by atoms with E-state index < -0.39 is 5.97 Å². The van der Waals surface area contributed by atoms with Crippen molar-refractivity contribution in [3.05, 3.63) is 15.3 Å². The van der Waals surface area contributed by atoms with Gasteiger partial charge in [0, 0.05) is 4.88 Å². The zero-order chi connectivity index (χ0) is 14.6. The van der Waals surface area contributed by atoms with Crippen LogP contribution in [-0.2, 0) is 4.79 Å². The fourth-order valence-electron chi connectivity index (χ4n) is 1.61. The van der Waals surface area contributed by atoms with E-state index in [2.05, 4.69) is 10.6 Å². The Balaban J connectivity index is 2.87. The van der Waals surface area contributed by atoms with Crippen LogP contribution in [0.5, 0.6) is 0 Å². The van der Waals surface area contributed by atoms with Gasteiger partial charge in [0.2, 0.25) is 5.91 Å². The highest BCUT2D eigenvalue weighted by Gasteiger charge is 2.21. The second kappa shape index (κ2) is 6.68. The SMILES string of the molecule is CCCNC(C)C(=O)Nc1c(C(=O)O)sc(C)c1C. The van der Waals surface area contributed by atoms with E-state index in [0.29, 0.717) is 5.69 Å². The van der Waals surface area contributed by atoms with Gasteiger partial charge in [0.05, 0.1) is 11.7 Å². The number of carbonyl (C=O) groups is 2. The lowest BCUT2D eigenvalue weighted by Crippen LogP contribution is -2.38. The van der Waals surface area contributed by atoms with Crippen molar-refractivity contribution in [2.45, 2.75) is 40.2 Å². The molecule has 5 nitrogen and oxygen atoms in total. The Morgan fingerprint density at radius 2 is 2.00 bits per heavy atom. The van der Waals surface area contributed by atoms with Crippen molar-refractivity contribution < 1.29 is 14.7 Å². The summed E-state index contributed by atoms with van der Waals surface area (Å²) >= 11 is 1.19. The normalized spacial score (nSPS) is 12.2. The molecule has 0 bridgehead atoms. The maximum atomic E-state index is 12.0. The molecule has 0 aliphatic rings. The smallest absolute Gasteiger partial charge is 0.348 e. The molecule has 1 aromatic heterocycles. The minimum absolute atomic E-state index is 0.186. The molecule has 1 amide bonds. The van der Waals surface area contributed by atoms with Crippen molar-refractivity contribution in [1.29, 1.82) is 0 Å². The van der Waals surface area contributed by atoms with Crippen molar-refractivity contribution in [2.75, 3.05) is 11.9 Å². The molecule has 1 heterocycles. The van der Waals surface area contributed by atoms with E-state index in [9.17, 15) is 9.59 Å². The number of carboxylic acid groups (broad SMARTS) is 1. The zero-order valence-corrected chi connectivity index (χ0v) is 12.5. The van der Waals surface area contributed by atoms with Crippen LogP contribution in [0.4, 0.5) is 5.69 Å². The van der Waals surface area contributed by atoms with Crippen LogP contribution in [-0.4, -0.2) is 29.6 Å². The molecule has 19 heavy (non-hydrogen) atoms. The number of hydrogen-bond donors (Lipinski definition) is 3. The molecule has 6 heteroatoms. The number of aryl methyl sites for hydroxylation is 1. The quantitative estimate of drug-likeness (QED) is 0.749. The molecule has 0 radical (unpaired) electrons. The highest BCUT2D eigenvalue weighted by molar-refractivity contribution is 7.14. The molecule has 0 saturated carbocycles. The lowest BCUT2D eigenvalue weighted by Gasteiger charge is -2.14. The molecule has 1 aromatic rings. The van der Waals surface area contributed by atoms with Gasteiger partial charge < -0.3 is 15.7 Å². The topological polar surface area (TPSA) is 78.4 Å². The van der Waals surface area contributed by atoms with Gasteiger partial charge in [-0.1, -0.05) is 6.92 Å². The third-order valence-corrected chi connectivity index (χ3v) is 4.12. The monoisotopic (exact) mass is 284 g/mol. The fraction of sp³-hybridized carbons (Fsp3) is 0.538. The van der Waals surface area contributed by atoms with E-state index >= 15 is 0 Å². The predicted octanol–water partition coefficient (Wildman–Crippen LogP) is 2.39. The van der Waals surface area contributed by atoms with Crippen LogP contribution in [0.3, 0.4) is 0 Å². The van der Waals surface area contributed by atoms with E-state index in [1.807, 2.05) is 20.8 Å². The van der Waals surface area contributed by atoms with Crippen molar-refractivity contribution in [3.8, 4) is 0 Å². The molecule has 0 fully saturated rings. The minimum Gasteiger partial charge on any atom is -0.477 e. The van der Waals surface area contributed by atoms with E-state index in [1.54, 1.807) is 6.92 Å². The molecule has 0 spiro atoms. The van der Waals surface area contributed by atoms with Crippen LogP contribution in [0.25, 0.3) is 0 Å². The minimum atomic E-state index is -1.01. The van der Waals surface area contributed by atoms with E-state index in [0.717, 1.165) is 23.4 Å².